The molecular weight excluding hydrogens is 202 g/mol. The average Bonchev–Trinajstić information content (AvgIpc) is 2.82. The van der Waals surface area contributed by atoms with Gasteiger partial charge in [-0.05, 0) is 38.1 Å². The minimum absolute atomic E-state index is 0.181. The van der Waals surface area contributed by atoms with Crippen molar-refractivity contribution in [2.24, 2.45) is 0 Å². The van der Waals surface area contributed by atoms with E-state index >= 15 is 0 Å². The van der Waals surface area contributed by atoms with Crippen LogP contribution in [0.15, 0.2) is 24.3 Å². The van der Waals surface area contributed by atoms with Crippen LogP contribution in [0.3, 0.4) is 0 Å². The van der Waals surface area contributed by atoms with Crippen molar-refractivity contribution in [1.29, 1.82) is 0 Å². The summed E-state index contributed by atoms with van der Waals surface area (Å²) >= 11 is 0. The lowest BCUT2D eigenvalue weighted by Gasteiger charge is -2.13. The Morgan fingerprint density at radius 2 is 2.12 bits per heavy atom. The molecule has 86 valence electrons. The zero-order valence-electron chi connectivity index (χ0n) is 9.61. The summed E-state index contributed by atoms with van der Waals surface area (Å²) < 4.78 is 5.11. The van der Waals surface area contributed by atoms with E-state index in [0.29, 0.717) is 6.54 Å². The summed E-state index contributed by atoms with van der Waals surface area (Å²) in [6.07, 6.45) is 2.43. The first kappa shape index (κ1) is 11.1. The van der Waals surface area contributed by atoms with Crippen LogP contribution in [0.25, 0.3) is 0 Å². The van der Waals surface area contributed by atoms with E-state index in [0.717, 1.165) is 24.4 Å². The number of nitrogens with zero attached hydrogens (tertiary/aromatic N) is 1. The molecule has 1 saturated heterocycles. The van der Waals surface area contributed by atoms with E-state index in [9.17, 15) is 4.79 Å². The summed E-state index contributed by atoms with van der Waals surface area (Å²) in [5, 5.41) is 0. The van der Waals surface area contributed by atoms with Crippen LogP contribution in [0.2, 0.25) is 0 Å². The molecule has 0 aliphatic carbocycles. The van der Waals surface area contributed by atoms with E-state index in [4.69, 9.17) is 4.74 Å². The normalized spacial score (nSPS) is 16.3. The van der Waals surface area contributed by atoms with Crippen LogP contribution in [0.4, 0.5) is 0 Å². The molecule has 2 rings (SSSR count). The Morgan fingerprint density at radius 1 is 1.38 bits per heavy atom. The molecule has 16 heavy (non-hydrogen) atoms. The minimum atomic E-state index is 0.181. The van der Waals surface area contributed by atoms with E-state index in [-0.39, 0.29) is 5.78 Å². The molecule has 0 N–H and O–H groups in total. The first-order chi connectivity index (χ1) is 7.79. The number of ether oxygens (including phenoxy) is 1. The third-order valence-electron chi connectivity index (χ3n) is 2.96. The molecule has 0 unspecified atom stereocenters. The monoisotopic (exact) mass is 219 g/mol. The van der Waals surface area contributed by atoms with Gasteiger partial charge in [-0.15, -0.1) is 0 Å². The second-order valence-electron chi connectivity index (χ2n) is 4.14. The van der Waals surface area contributed by atoms with E-state index in [1.165, 1.54) is 12.8 Å². The zero-order valence-corrected chi connectivity index (χ0v) is 9.61. The molecule has 3 nitrogen and oxygen atoms in total. The van der Waals surface area contributed by atoms with Crippen molar-refractivity contribution in [3.8, 4) is 5.75 Å². The lowest BCUT2D eigenvalue weighted by atomic mass is 10.1. The SMILES string of the molecule is COc1cccc(C(=O)CN2CCCC2)c1. The molecular formula is C13H17NO2. The van der Waals surface area contributed by atoms with Gasteiger partial charge < -0.3 is 4.74 Å². The quantitative estimate of drug-likeness (QED) is 0.725. The zero-order chi connectivity index (χ0) is 11.4. The highest BCUT2D eigenvalue weighted by molar-refractivity contribution is 5.97. The van der Waals surface area contributed by atoms with Gasteiger partial charge >= 0.3 is 0 Å². The second-order valence-corrected chi connectivity index (χ2v) is 4.14. The number of hydrogen-bond acceptors (Lipinski definition) is 3. The van der Waals surface area contributed by atoms with Crippen LogP contribution in [0.5, 0.6) is 5.75 Å². The maximum Gasteiger partial charge on any atom is 0.176 e. The van der Waals surface area contributed by atoms with Gasteiger partial charge in [-0.2, -0.15) is 0 Å². The van der Waals surface area contributed by atoms with Crippen molar-refractivity contribution in [1.82, 2.24) is 4.90 Å². The third kappa shape index (κ3) is 2.61. The first-order valence-electron chi connectivity index (χ1n) is 5.69. The Kier molecular flexibility index (Phi) is 3.57. The molecule has 1 heterocycles. The van der Waals surface area contributed by atoms with E-state index in [1.54, 1.807) is 13.2 Å². The van der Waals surface area contributed by atoms with Crippen LogP contribution in [-0.2, 0) is 0 Å². The molecule has 1 aromatic carbocycles. The topological polar surface area (TPSA) is 29.5 Å². The number of hydrogen-bond donors (Lipinski definition) is 0. The maximum atomic E-state index is 12.0. The van der Waals surface area contributed by atoms with Gasteiger partial charge in [0.15, 0.2) is 5.78 Å². The minimum Gasteiger partial charge on any atom is -0.497 e. The molecule has 1 aliphatic rings. The second kappa shape index (κ2) is 5.12. The smallest absolute Gasteiger partial charge is 0.176 e. The standard InChI is InChI=1S/C13H17NO2/c1-16-12-6-4-5-11(9-12)13(15)10-14-7-2-3-8-14/h4-6,9H,2-3,7-8,10H2,1H3. The molecule has 3 heteroatoms. The predicted molar refractivity (Wildman–Crippen MR) is 63.0 cm³/mol. The van der Waals surface area contributed by atoms with Gasteiger partial charge in [0.1, 0.15) is 5.75 Å². The summed E-state index contributed by atoms with van der Waals surface area (Å²) in [5.41, 5.74) is 0.742. The number of rotatable bonds is 4. The molecule has 1 fully saturated rings. The fraction of sp³-hybridized carbons (Fsp3) is 0.462. The van der Waals surface area contributed by atoms with E-state index in [2.05, 4.69) is 4.90 Å². The van der Waals surface area contributed by atoms with Crippen LogP contribution in [0.1, 0.15) is 23.2 Å². The number of benzene rings is 1. The van der Waals surface area contributed by atoms with Crippen LogP contribution in [0, 0.1) is 0 Å². The molecule has 1 aromatic rings. The summed E-state index contributed by atoms with van der Waals surface area (Å²) in [7, 11) is 1.62. The van der Waals surface area contributed by atoms with Crippen molar-refractivity contribution in [3.63, 3.8) is 0 Å². The summed E-state index contributed by atoms with van der Waals surface area (Å²) in [6.45, 7) is 2.64. The van der Waals surface area contributed by atoms with Crippen molar-refractivity contribution < 1.29 is 9.53 Å². The van der Waals surface area contributed by atoms with Crippen LogP contribution in [-0.4, -0.2) is 37.4 Å². The third-order valence-corrected chi connectivity index (χ3v) is 2.96. The molecule has 0 radical (unpaired) electrons. The van der Waals surface area contributed by atoms with Gasteiger partial charge in [-0.3, -0.25) is 9.69 Å². The highest BCUT2D eigenvalue weighted by atomic mass is 16.5. The number of methoxy groups -OCH3 is 1. The predicted octanol–water partition coefficient (Wildman–Crippen LogP) is 1.97. The summed E-state index contributed by atoms with van der Waals surface area (Å²) in [6, 6.07) is 7.36. The molecule has 0 aromatic heterocycles. The molecule has 0 atom stereocenters. The van der Waals surface area contributed by atoms with Gasteiger partial charge in [0.05, 0.1) is 13.7 Å². The molecule has 0 saturated carbocycles. The Bertz CT molecular complexity index is 370. The molecule has 1 aliphatic heterocycles. The maximum absolute atomic E-state index is 12.0. The lowest BCUT2D eigenvalue weighted by Crippen LogP contribution is -2.26. The van der Waals surface area contributed by atoms with Gasteiger partial charge in [0.25, 0.3) is 0 Å². The lowest BCUT2D eigenvalue weighted by molar-refractivity contribution is 0.0945. The Balaban J connectivity index is 2.01. The van der Waals surface area contributed by atoms with E-state index < -0.39 is 0 Å². The van der Waals surface area contributed by atoms with Crippen LogP contribution < -0.4 is 4.74 Å². The Hall–Kier alpha value is -1.35. The number of carbonyl (C=O) groups excluding carboxylic acids is 1. The fourth-order valence-electron chi connectivity index (χ4n) is 2.03. The van der Waals surface area contributed by atoms with E-state index in [1.807, 2.05) is 18.2 Å². The van der Waals surface area contributed by atoms with Gasteiger partial charge in [-0.1, -0.05) is 12.1 Å². The fourth-order valence-corrected chi connectivity index (χ4v) is 2.03. The summed E-state index contributed by atoms with van der Waals surface area (Å²) in [4.78, 5) is 14.2. The Morgan fingerprint density at radius 3 is 2.81 bits per heavy atom. The molecule has 0 spiro atoms. The number of ketones is 1. The number of likely N-dealkylation sites (tertiary alicyclic amines) is 1. The largest absolute Gasteiger partial charge is 0.497 e. The van der Waals surface area contributed by atoms with Crippen molar-refractivity contribution in [3.05, 3.63) is 29.8 Å². The van der Waals surface area contributed by atoms with Crippen molar-refractivity contribution >= 4 is 5.78 Å². The van der Waals surface area contributed by atoms with Crippen LogP contribution >= 0.6 is 0 Å². The van der Waals surface area contributed by atoms with Gasteiger partial charge in [0.2, 0.25) is 0 Å². The average molecular weight is 219 g/mol. The highest BCUT2D eigenvalue weighted by Gasteiger charge is 2.16. The number of Topliss-reactive ketones (excluding diaryl/α,β-unsaturated/α-hetero) is 1. The highest BCUT2D eigenvalue weighted by Crippen LogP contribution is 2.14. The molecule has 0 bridgehead atoms. The first-order valence-corrected chi connectivity index (χ1v) is 5.69. The van der Waals surface area contributed by atoms with Gasteiger partial charge in [-0.25, -0.2) is 0 Å². The van der Waals surface area contributed by atoms with Crippen molar-refractivity contribution in [2.45, 2.75) is 12.8 Å². The Labute approximate surface area is 96.0 Å². The molecule has 0 amide bonds. The number of carbonyl (C=O) groups is 1. The summed E-state index contributed by atoms with van der Waals surface area (Å²) in [5.74, 6) is 0.924. The van der Waals surface area contributed by atoms with Crippen molar-refractivity contribution in [2.75, 3.05) is 26.7 Å². The van der Waals surface area contributed by atoms with Gasteiger partial charge in [0, 0.05) is 5.56 Å².